The van der Waals surface area contributed by atoms with Crippen LogP contribution < -0.4 is 11.1 Å². The molecular formula is C46H78N2O5. The Balaban J connectivity index is 4.07. The molecule has 1 amide bonds. The molecule has 0 rings (SSSR count). The summed E-state index contributed by atoms with van der Waals surface area (Å²) in [5, 5.41) is 11.9. The normalized spacial score (nSPS) is 13.4. The minimum absolute atomic E-state index is 0.107. The van der Waals surface area contributed by atoms with E-state index in [1.54, 1.807) is 0 Å². The third-order valence-electron chi connectivity index (χ3n) is 8.99. The number of carboxylic acids is 1. The number of carbonyl (C=O) groups is 3. The van der Waals surface area contributed by atoms with Gasteiger partial charge in [-0.3, -0.25) is 9.59 Å². The topological polar surface area (TPSA) is 119 Å². The first-order valence-electron chi connectivity index (χ1n) is 21.3. The predicted molar refractivity (Wildman–Crippen MR) is 225 cm³/mol. The van der Waals surface area contributed by atoms with E-state index in [9.17, 15) is 19.5 Å². The van der Waals surface area contributed by atoms with E-state index in [0.717, 1.165) is 89.9 Å². The van der Waals surface area contributed by atoms with Gasteiger partial charge in [-0.2, -0.15) is 0 Å². The number of aliphatic carboxylic acids is 1. The first-order chi connectivity index (χ1) is 25.9. The zero-order valence-electron chi connectivity index (χ0n) is 33.8. The van der Waals surface area contributed by atoms with Crippen molar-refractivity contribution < 1.29 is 24.2 Å². The number of hydrogen-bond donors (Lipinski definition) is 3. The van der Waals surface area contributed by atoms with E-state index in [0.29, 0.717) is 38.6 Å². The van der Waals surface area contributed by atoms with Gasteiger partial charge in [0.1, 0.15) is 12.1 Å². The number of esters is 1. The first kappa shape index (κ1) is 49.8. The van der Waals surface area contributed by atoms with Crippen LogP contribution in [0.1, 0.15) is 181 Å². The Labute approximate surface area is 324 Å². The molecule has 0 aliphatic heterocycles. The highest BCUT2D eigenvalue weighted by Crippen LogP contribution is 2.15. The lowest BCUT2D eigenvalue weighted by molar-refractivity contribution is -0.147. The smallest absolute Gasteiger partial charge is 0.326 e. The summed E-state index contributed by atoms with van der Waals surface area (Å²) in [5.74, 6) is -1.35. The Morgan fingerprint density at radius 3 is 1.68 bits per heavy atom. The average molecular weight is 739 g/mol. The van der Waals surface area contributed by atoms with E-state index in [1.807, 2.05) is 0 Å². The molecular weight excluding hydrogens is 661 g/mol. The van der Waals surface area contributed by atoms with Crippen molar-refractivity contribution >= 4 is 17.8 Å². The number of allylic oxidation sites excluding steroid dienone is 11. The molecule has 7 nitrogen and oxygen atoms in total. The molecule has 0 bridgehead atoms. The quantitative estimate of drug-likeness (QED) is 0.0332. The van der Waals surface area contributed by atoms with Gasteiger partial charge in [-0.05, 0) is 109 Å². The highest BCUT2D eigenvalue weighted by Gasteiger charge is 2.19. The molecule has 0 aliphatic rings. The maximum atomic E-state index is 12.7. The Kier molecular flexibility index (Phi) is 37.6. The third-order valence-corrected chi connectivity index (χ3v) is 8.99. The molecule has 0 aromatic carbocycles. The van der Waals surface area contributed by atoms with Crippen molar-refractivity contribution in [2.45, 2.75) is 193 Å². The Morgan fingerprint density at radius 2 is 1.09 bits per heavy atom. The summed E-state index contributed by atoms with van der Waals surface area (Å²) in [6.45, 7) is 4.75. The van der Waals surface area contributed by atoms with Crippen LogP contribution in [0.25, 0.3) is 0 Å². The average Bonchev–Trinajstić information content (AvgIpc) is 3.14. The monoisotopic (exact) mass is 739 g/mol. The van der Waals surface area contributed by atoms with Gasteiger partial charge in [0, 0.05) is 12.8 Å². The fraction of sp³-hybridized carbons (Fsp3) is 0.674. The van der Waals surface area contributed by atoms with Crippen molar-refractivity contribution in [1.82, 2.24) is 5.32 Å². The Hall–Kier alpha value is -3.19. The Morgan fingerprint density at radius 1 is 0.585 bits per heavy atom. The van der Waals surface area contributed by atoms with Crippen molar-refractivity contribution in [1.29, 1.82) is 0 Å². The van der Waals surface area contributed by atoms with E-state index >= 15 is 0 Å². The molecule has 302 valence electrons. The van der Waals surface area contributed by atoms with E-state index in [2.05, 4.69) is 92.1 Å². The van der Waals surface area contributed by atoms with Crippen molar-refractivity contribution in [2.75, 3.05) is 6.54 Å². The summed E-state index contributed by atoms with van der Waals surface area (Å²) >= 11 is 0. The Bertz CT molecular complexity index is 1060. The lowest BCUT2D eigenvalue weighted by Crippen LogP contribution is -2.40. The van der Waals surface area contributed by atoms with Gasteiger partial charge < -0.3 is 20.9 Å². The second kappa shape index (κ2) is 40.0. The number of carboxylic acid groups (broad SMARTS) is 1. The fourth-order valence-corrected chi connectivity index (χ4v) is 5.80. The van der Waals surface area contributed by atoms with Gasteiger partial charge in [0.15, 0.2) is 0 Å². The van der Waals surface area contributed by atoms with Crippen molar-refractivity contribution in [3.05, 3.63) is 72.9 Å². The minimum Gasteiger partial charge on any atom is -0.480 e. The van der Waals surface area contributed by atoms with Gasteiger partial charge in [-0.15, -0.1) is 0 Å². The molecule has 2 unspecified atom stereocenters. The highest BCUT2D eigenvalue weighted by atomic mass is 16.5. The van der Waals surface area contributed by atoms with Crippen LogP contribution in [0.2, 0.25) is 0 Å². The molecule has 0 aromatic rings. The summed E-state index contributed by atoms with van der Waals surface area (Å²) in [7, 11) is 0. The molecule has 0 fully saturated rings. The molecule has 53 heavy (non-hydrogen) atoms. The van der Waals surface area contributed by atoms with Crippen LogP contribution in [0.3, 0.4) is 0 Å². The van der Waals surface area contributed by atoms with Gasteiger partial charge in [0.05, 0.1) is 0 Å². The molecule has 0 aromatic heterocycles. The van der Waals surface area contributed by atoms with E-state index in [-0.39, 0.29) is 18.0 Å². The van der Waals surface area contributed by atoms with E-state index in [1.165, 1.54) is 44.9 Å². The number of nitrogens with one attached hydrogen (secondary N) is 1. The molecule has 0 heterocycles. The number of amides is 1. The maximum Gasteiger partial charge on any atom is 0.326 e. The summed E-state index contributed by atoms with van der Waals surface area (Å²) in [5.41, 5.74) is 5.47. The van der Waals surface area contributed by atoms with Crippen molar-refractivity contribution in [3.8, 4) is 0 Å². The van der Waals surface area contributed by atoms with Crippen LogP contribution in [0, 0.1) is 0 Å². The molecule has 7 heteroatoms. The van der Waals surface area contributed by atoms with Crippen LogP contribution >= 0.6 is 0 Å². The van der Waals surface area contributed by atoms with Crippen LogP contribution in [0.5, 0.6) is 0 Å². The second-order valence-electron chi connectivity index (χ2n) is 14.0. The van der Waals surface area contributed by atoms with Gasteiger partial charge in [0.25, 0.3) is 0 Å². The highest BCUT2D eigenvalue weighted by molar-refractivity contribution is 5.83. The third kappa shape index (κ3) is 36.9. The van der Waals surface area contributed by atoms with Crippen LogP contribution in [-0.4, -0.2) is 41.6 Å². The minimum atomic E-state index is -1.02. The number of hydrogen-bond acceptors (Lipinski definition) is 5. The molecule has 2 atom stereocenters. The van der Waals surface area contributed by atoms with Gasteiger partial charge >= 0.3 is 11.9 Å². The summed E-state index contributed by atoms with van der Waals surface area (Å²) in [6, 6.07) is -0.873. The fourth-order valence-electron chi connectivity index (χ4n) is 5.80. The largest absolute Gasteiger partial charge is 0.480 e. The predicted octanol–water partition coefficient (Wildman–Crippen LogP) is 11.9. The standard InChI is InChI=1S/C46H78N2O5/c1-3-5-7-9-10-11-12-13-14-15-16-17-18-19-20-21-22-23-24-25-26-28-34-40-45(50)53-42(36-31-27-8-6-4-2)37-32-29-30-33-39-44(49)48-43(46(51)52)38-35-41-47/h5,7,10-11,13-14,16-17,19-20,31,36,42-43H,3-4,6,8-9,12,15,18,21-30,32-35,37-41,47H2,1-2H3,(H,48,49)(H,51,52)/b7-5-,11-10-,14-13-,17-16-,20-19-,36-31-. The number of nitrogens with two attached hydrogens (primary N) is 1. The van der Waals surface area contributed by atoms with Crippen LogP contribution in [0.4, 0.5) is 0 Å². The summed E-state index contributed by atoms with van der Waals surface area (Å²) in [4.78, 5) is 36.2. The molecule has 0 spiro atoms. The second-order valence-corrected chi connectivity index (χ2v) is 14.0. The van der Waals surface area contributed by atoms with Gasteiger partial charge in [0.2, 0.25) is 5.91 Å². The number of unbranched alkanes of at least 4 members (excludes halogenated alkanes) is 13. The van der Waals surface area contributed by atoms with E-state index in [4.69, 9.17) is 10.5 Å². The number of rotatable bonds is 37. The maximum absolute atomic E-state index is 12.7. The van der Waals surface area contributed by atoms with E-state index < -0.39 is 12.0 Å². The van der Waals surface area contributed by atoms with Gasteiger partial charge in [-0.1, -0.05) is 138 Å². The molecule has 0 radical (unpaired) electrons. The van der Waals surface area contributed by atoms with Gasteiger partial charge in [-0.25, -0.2) is 4.79 Å². The molecule has 0 saturated carbocycles. The SMILES string of the molecule is CC/C=C\C/C=C\C/C=C\C/C=C\C/C=C\CCCCCCCCCC(=O)OC(/C=C\CCCCC)CCCCCCC(=O)NC(CCCN)C(=O)O. The number of ether oxygens (including phenoxy) is 1. The lowest BCUT2D eigenvalue weighted by Gasteiger charge is -2.15. The van der Waals surface area contributed by atoms with Crippen LogP contribution in [-0.2, 0) is 19.1 Å². The lowest BCUT2D eigenvalue weighted by atomic mass is 10.1. The van der Waals surface area contributed by atoms with Crippen molar-refractivity contribution in [3.63, 3.8) is 0 Å². The molecule has 4 N–H and O–H groups in total. The zero-order chi connectivity index (χ0) is 38.9. The first-order valence-corrected chi connectivity index (χ1v) is 21.3. The summed E-state index contributed by atoms with van der Waals surface area (Å²) < 4.78 is 5.88. The zero-order valence-corrected chi connectivity index (χ0v) is 33.8. The van der Waals surface area contributed by atoms with Crippen LogP contribution in [0.15, 0.2) is 72.9 Å². The number of carbonyl (C=O) groups excluding carboxylic acids is 2. The van der Waals surface area contributed by atoms with Crippen molar-refractivity contribution in [2.24, 2.45) is 5.73 Å². The molecule has 0 saturated heterocycles. The molecule has 0 aliphatic carbocycles. The summed E-state index contributed by atoms with van der Waals surface area (Å²) in [6.07, 6.45) is 51.2.